The van der Waals surface area contributed by atoms with Gasteiger partial charge >= 0.3 is 6.03 Å². The highest BCUT2D eigenvalue weighted by Crippen LogP contribution is 2.14. The number of carbonyl (C=O) groups is 2. The molecule has 0 aliphatic carbocycles. The third kappa shape index (κ3) is 5.61. The average Bonchev–Trinajstić information content (AvgIpc) is 2.66. The average molecular weight is 341 g/mol. The van der Waals surface area contributed by atoms with Gasteiger partial charge in [-0.1, -0.05) is 42.5 Å². The van der Waals surface area contributed by atoms with Gasteiger partial charge in [-0.25, -0.2) is 4.79 Å². The molecule has 1 atom stereocenters. The normalized spacial score (nSPS) is 11.4. The van der Waals surface area contributed by atoms with Crippen molar-refractivity contribution < 1.29 is 14.3 Å². The maximum atomic E-state index is 12.4. The van der Waals surface area contributed by atoms with E-state index in [1.165, 1.54) is 7.05 Å². The molecule has 0 bridgehead atoms. The van der Waals surface area contributed by atoms with Crippen molar-refractivity contribution in [1.29, 1.82) is 0 Å². The molecule has 3 amide bonds. The molecule has 0 spiro atoms. The first-order chi connectivity index (χ1) is 12.1. The summed E-state index contributed by atoms with van der Waals surface area (Å²) in [6, 6.07) is 16.0. The van der Waals surface area contributed by atoms with Crippen molar-refractivity contribution >= 4 is 11.9 Å². The number of hydrogen-bond donors (Lipinski definition) is 3. The van der Waals surface area contributed by atoms with Gasteiger partial charge in [-0.2, -0.15) is 0 Å². The summed E-state index contributed by atoms with van der Waals surface area (Å²) >= 11 is 0. The van der Waals surface area contributed by atoms with Gasteiger partial charge in [0.25, 0.3) is 0 Å². The summed E-state index contributed by atoms with van der Waals surface area (Å²) in [6.45, 7) is 0.590. The van der Waals surface area contributed by atoms with Crippen LogP contribution >= 0.6 is 0 Å². The Hall–Kier alpha value is -2.86. The molecule has 0 aromatic heterocycles. The smallest absolute Gasteiger partial charge is 0.321 e. The molecule has 132 valence electrons. The van der Waals surface area contributed by atoms with Gasteiger partial charge in [-0.3, -0.25) is 10.1 Å². The second kappa shape index (κ2) is 9.44. The number of benzene rings is 2. The van der Waals surface area contributed by atoms with Gasteiger partial charge in [0.1, 0.15) is 11.8 Å². The predicted molar refractivity (Wildman–Crippen MR) is 96.5 cm³/mol. The number of urea groups is 1. The molecule has 3 N–H and O–H groups in total. The molecule has 0 saturated heterocycles. The molecule has 0 aliphatic heterocycles. The van der Waals surface area contributed by atoms with E-state index in [1.54, 1.807) is 7.11 Å². The van der Waals surface area contributed by atoms with Crippen LogP contribution < -0.4 is 20.7 Å². The van der Waals surface area contributed by atoms with Gasteiger partial charge in [-0.05, 0) is 29.7 Å². The van der Waals surface area contributed by atoms with Crippen molar-refractivity contribution in [3.63, 3.8) is 0 Å². The molecular weight excluding hydrogens is 318 g/mol. The van der Waals surface area contributed by atoms with Crippen LogP contribution in [0.25, 0.3) is 0 Å². The number of methoxy groups -OCH3 is 1. The number of hydrogen-bond acceptors (Lipinski definition) is 4. The maximum Gasteiger partial charge on any atom is 0.321 e. The highest BCUT2D eigenvalue weighted by atomic mass is 16.5. The van der Waals surface area contributed by atoms with Crippen LogP contribution in [0.15, 0.2) is 54.6 Å². The van der Waals surface area contributed by atoms with Gasteiger partial charge in [0, 0.05) is 13.6 Å². The number of ether oxygens (including phenoxy) is 1. The Morgan fingerprint density at radius 3 is 2.32 bits per heavy atom. The quantitative estimate of drug-likeness (QED) is 0.720. The second-order valence-corrected chi connectivity index (χ2v) is 5.46. The minimum atomic E-state index is -0.600. The van der Waals surface area contributed by atoms with E-state index in [9.17, 15) is 9.59 Å². The lowest BCUT2D eigenvalue weighted by molar-refractivity contribution is -0.122. The summed E-state index contributed by atoms with van der Waals surface area (Å²) in [6.07, 6.45) is 0.751. The summed E-state index contributed by atoms with van der Waals surface area (Å²) in [5.41, 5.74) is 1.94. The lowest BCUT2D eigenvalue weighted by atomic mass is 10.1. The first-order valence-corrected chi connectivity index (χ1v) is 8.08. The zero-order chi connectivity index (χ0) is 18.1. The standard InChI is InChI=1S/C19H23N3O3/c1-20-19(24)22-18(23)17(15-6-4-3-5-7-15)21-13-12-14-8-10-16(25-2)11-9-14/h3-11,17,21H,12-13H2,1-2H3,(H2,20,22,23,24)/t17-/m1/s1. The molecule has 2 rings (SSSR count). The molecule has 2 aromatic rings. The Balaban J connectivity index is 2.00. The van der Waals surface area contributed by atoms with Crippen molar-refractivity contribution in [2.45, 2.75) is 12.5 Å². The van der Waals surface area contributed by atoms with Crippen LogP contribution in [0.3, 0.4) is 0 Å². The van der Waals surface area contributed by atoms with Crippen LogP contribution in [0.5, 0.6) is 5.75 Å². The van der Waals surface area contributed by atoms with Crippen LogP contribution in [0.4, 0.5) is 4.79 Å². The molecule has 0 heterocycles. The summed E-state index contributed by atoms with van der Waals surface area (Å²) in [5.74, 6) is 0.420. The molecule has 0 aliphatic rings. The Bertz CT molecular complexity index is 687. The molecule has 0 radical (unpaired) electrons. The van der Waals surface area contributed by atoms with Gasteiger partial charge in [-0.15, -0.1) is 0 Å². The number of amides is 3. The zero-order valence-corrected chi connectivity index (χ0v) is 14.4. The predicted octanol–water partition coefficient (Wildman–Crippen LogP) is 2.02. The molecule has 2 aromatic carbocycles. The minimum Gasteiger partial charge on any atom is -0.497 e. The van der Waals surface area contributed by atoms with E-state index in [0.717, 1.165) is 23.3 Å². The maximum absolute atomic E-state index is 12.4. The van der Waals surface area contributed by atoms with Crippen molar-refractivity contribution in [3.8, 4) is 5.75 Å². The van der Waals surface area contributed by atoms with Crippen LogP contribution in [-0.2, 0) is 11.2 Å². The van der Waals surface area contributed by atoms with Crippen molar-refractivity contribution in [2.75, 3.05) is 20.7 Å². The first kappa shape index (κ1) is 18.5. The number of nitrogens with one attached hydrogen (secondary N) is 3. The molecule has 0 unspecified atom stereocenters. The highest BCUT2D eigenvalue weighted by Gasteiger charge is 2.21. The second-order valence-electron chi connectivity index (χ2n) is 5.46. The summed E-state index contributed by atoms with van der Waals surface area (Å²) in [5, 5.41) is 7.93. The SMILES string of the molecule is CNC(=O)NC(=O)[C@H](NCCc1ccc(OC)cc1)c1ccccc1. The van der Waals surface area contributed by atoms with Crippen molar-refractivity contribution in [3.05, 3.63) is 65.7 Å². The van der Waals surface area contributed by atoms with Crippen LogP contribution in [0.2, 0.25) is 0 Å². The minimum absolute atomic E-state index is 0.389. The Morgan fingerprint density at radius 2 is 1.72 bits per heavy atom. The summed E-state index contributed by atoms with van der Waals surface area (Å²) in [4.78, 5) is 23.8. The number of imide groups is 1. The van der Waals surface area contributed by atoms with Gasteiger partial charge in [0.05, 0.1) is 7.11 Å². The Kier molecular flexibility index (Phi) is 6.98. The topological polar surface area (TPSA) is 79.5 Å². The van der Waals surface area contributed by atoms with Crippen molar-refractivity contribution in [2.24, 2.45) is 0 Å². The zero-order valence-electron chi connectivity index (χ0n) is 14.4. The molecular formula is C19H23N3O3. The van der Waals surface area contributed by atoms with E-state index in [-0.39, 0.29) is 5.91 Å². The lowest BCUT2D eigenvalue weighted by Crippen LogP contribution is -2.44. The fraction of sp³-hybridized carbons (Fsp3) is 0.263. The Labute approximate surface area is 147 Å². The fourth-order valence-corrected chi connectivity index (χ4v) is 2.41. The first-order valence-electron chi connectivity index (χ1n) is 8.08. The molecule has 6 heteroatoms. The highest BCUT2D eigenvalue weighted by molar-refractivity contribution is 5.97. The number of carbonyl (C=O) groups excluding carboxylic acids is 2. The third-order valence-electron chi connectivity index (χ3n) is 3.78. The van der Waals surface area contributed by atoms with E-state index < -0.39 is 12.1 Å². The molecule has 0 fully saturated rings. The molecule has 6 nitrogen and oxygen atoms in total. The van der Waals surface area contributed by atoms with E-state index >= 15 is 0 Å². The van der Waals surface area contributed by atoms with Crippen LogP contribution in [-0.4, -0.2) is 32.6 Å². The largest absolute Gasteiger partial charge is 0.497 e. The van der Waals surface area contributed by atoms with E-state index in [0.29, 0.717) is 6.54 Å². The number of rotatable bonds is 7. The van der Waals surface area contributed by atoms with Gasteiger partial charge < -0.3 is 15.4 Å². The van der Waals surface area contributed by atoms with E-state index in [1.807, 2.05) is 54.6 Å². The van der Waals surface area contributed by atoms with Gasteiger partial charge in [0.2, 0.25) is 5.91 Å². The lowest BCUT2D eigenvalue weighted by Gasteiger charge is -2.18. The van der Waals surface area contributed by atoms with Crippen LogP contribution in [0.1, 0.15) is 17.2 Å². The van der Waals surface area contributed by atoms with Gasteiger partial charge in [0.15, 0.2) is 0 Å². The van der Waals surface area contributed by atoms with Crippen LogP contribution in [0, 0.1) is 0 Å². The summed E-state index contributed by atoms with van der Waals surface area (Å²) < 4.78 is 5.14. The third-order valence-corrected chi connectivity index (χ3v) is 3.78. The summed E-state index contributed by atoms with van der Waals surface area (Å²) in [7, 11) is 3.10. The monoisotopic (exact) mass is 341 g/mol. The van der Waals surface area contributed by atoms with Crippen molar-refractivity contribution in [1.82, 2.24) is 16.0 Å². The van der Waals surface area contributed by atoms with E-state index in [4.69, 9.17) is 4.74 Å². The fourth-order valence-electron chi connectivity index (χ4n) is 2.41. The van der Waals surface area contributed by atoms with E-state index in [2.05, 4.69) is 16.0 Å². The molecule has 25 heavy (non-hydrogen) atoms. The Morgan fingerprint density at radius 1 is 1.04 bits per heavy atom. The molecule has 0 saturated carbocycles.